The molecule has 1 amide bonds. The minimum Gasteiger partial charge on any atom is -0.455 e. The highest BCUT2D eigenvalue weighted by atomic mass is 19.1. The fraction of sp³-hybridized carbons (Fsp3) is 0.400. The predicted molar refractivity (Wildman–Crippen MR) is 100 cm³/mol. The van der Waals surface area contributed by atoms with Crippen LogP contribution in [0.4, 0.5) is 10.1 Å². The maximum atomic E-state index is 13.3. The summed E-state index contributed by atoms with van der Waals surface area (Å²) >= 11 is 0. The highest BCUT2D eigenvalue weighted by molar-refractivity contribution is 5.85. The standard InChI is InChI=1S/C20H20FN3O4/c1-20-9-3-2-4-15(20)18(20)19(25)23-22-11-13-6-8-17(28-13)14-7-5-12(21)10-16(14)24(26)27/h5-8,10-11,15,18H,2-4,9H2,1H3,(H,23,25)/b22-11+. The smallest absolute Gasteiger partial charge is 0.283 e. The van der Waals surface area contributed by atoms with Gasteiger partial charge in [-0.15, -0.1) is 0 Å². The lowest BCUT2D eigenvalue weighted by molar-refractivity contribution is -0.384. The number of carbonyl (C=O) groups is 1. The molecule has 2 aliphatic rings. The molecule has 4 rings (SSSR count). The third-order valence-electron chi connectivity index (χ3n) is 6.03. The van der Waals surface area contributed by atoms with Gasteiger partial charge in [0.2, 0.25) is 5.91 Å². The molecule has 1 aromatic carbocycles. The number of nitrogens with zero attached hydrogens (tertiary/aromatic N) is 2. The highest BCUT2D eigenvalue weighted by Gasteiger charge is 2.64. The molecule has 0 saturated heterocycles. The zero-order valence-corrected chi connectivity index (χ0v) is 15.4. The molecule has 1 heterocycles. The number of furan rings is 1. The molecule has 0 bridgehead atoms. The van der Waals surface area contributed by atoms with E-state index in [-0.39, 0.29) is 34.3 Å². The number of fused-ring (bicyclic) bond motifs is 1. The molecular weight excluding hydrogens is 365 g/mol. The summed E-state index contributed by atoms with van der Waals surface area (Å²) in [7, 11) is 0. The number of nitro benzene ring substituents is 1. The topological polar surface area (TPSA) is 97.7 Å². The molecule has 2 saturated carbocycles. The first-order valence-electron chi connectivity index (χ1n) is 9.27. The average molecular weight is 385 g/mol. The number of hydrazone groups is 1. The second kappa shape index (κ2) is 6.85. The van der Waals surface area contributed by atoms with Gasteiger partial charge in [-0.1, -0.05) is 19.8 Å². The van der Waals surface area contributed by atoms with Crippen molar-refractivity contribution in [3.8, 4) is 11.3 Å². The Morgan fingerprint density at radius 1 is 1.39 bits per heavy atom. The summed E-state index contributed by atoms with van der Waals surface area (Å²) in [5, 5.41) is 15.1. The van der Waals surface area contributed by atoms with Crippen LogP contribution >= 0.6 is 0 Å². The minimum atomic E-state index is -0.694. The molecule has 0 radical (unpaired) electrons. The van der Waals surface area contributed by atoms with Crippen LogP contribution in [-0.2, 0) is 4.79 Å². The third-order valence-corrected chi connectivity index (χ3v) is 6.03. The van der Waals surface area contributed by atoms with Crippen molar-refractivity contribution in [3.63, 3.8) is 0 Å². The average Bonchev–Trinajstić information content (AvgIpc) is 3.02. The summed E-state index contributed by atoms with van der Waals surface area (Å²) in [6, 6.07) is 6.40. The maximum absolute atomic E-state index is 13.3. The number of halogens is 1. The van der Waals surface area contributed by atoms with Crippen molar-refractivity contribution < 1.29 is 18.5 Å². The summed E-state index contributed by atoms with van der Waals surface area (Å²) in [6.45, 7) is 2.17. The largest absolute Gasteiger partial charge is 0.455 e. The Labute approximate surface area is 160 Å². The van der Waals surface area contributed by atoms with E-state index in [1.54, 1.807) is 12.1 Å². The van der Waals surface area contributed by atoms with Crippen molar-refractivity contribution in [2.24, 2.45) is 22.4 Å². The number of hydrogen-bond donors (Lipinski definition) is 1. The summed E-state index contributed by atoms with van der Waals surface area (Å²) in [4.78, 5) is 22.8. The molecular formula is C20H20FN3O4. The zero-order valence-electron chi connectivity index (χ0n) is 15.4. The molecule has 2 fully saturated rings. The van der Waals surface area contributed by atoms with E-state index in [0.29, 0.717) is 11.7 Å². The van der Waals surface area contributed by atoms with Crippen molar-refractivity contribution >= 4 is 17.8 Å². The molecule has 2 aromatic rings. The SMILES string of the molecule is CC12CCCCC1C2C(=O)N/N=C/c1ccc(-c2ccc(F)cc2[N+](=O)[O-])o1. The van der Waals surface area contributed by atoms with Crippen molar-refractivity contribution in [2.75, 3.05) is 0 Å². The molecule has 146 valence electrons. The zero-order chi connectivity index (χ0) is 19.9. The number of amides is 1. The first-order chi connectivity index (χ1) is 13.4. The van der Waals surface area contributed by atoms with Gasteiger partial charge in [0, 0.05) is 5.92 Å². The second-order valence-electron chi connectivity index (χ2n) is 7.69. The van der Waals surface area contributed by atoms with Gasteiger partial charge in [0.25, 0.3) is 5.69 Å². The molecule has 3 atom stereocenters. The quantitative estimate of drug-likeness (QED) is 0.472. The minimum absolute atomic E-state index is 0.0150. The van der Waals surface area contributed by atoms with E-state index in [2.05, 4.69) is 17.5 Å². The molecule has 1 aromatic heterocycles. The number of rotatable bonds is 5. The Balaban J connectivity index is 1.43. The number of benzene rings is 1. The van der Waals surface area contributed by atoms with Gasteiger partial charge in [0.15, 0.2) is 0 Å². The van der Waals surface area contributed by atoms with Crippen LogP contribution in [0, 0.1) is 33.2 Å². The predicted octanol–water partition coefficient (Wildman–Crippen LogP) is 4.27. The number of carbonyl (C=O) groups excluding carboxylic acids is 1. The van der Waals surface area contributed by atoms with E-state index < -0.39 is 10.7 Å². The van der Waals surface area contributed by atoms with Crippen LogP contribution in [0.5, 0.6) is 0 Å². The number of hydrogen-bond acceptors (Lipinski definition) is 5. The summed E-state index contributed by atoms with van der Waals surface area (Å²) in [6.07, 6.45) is 5.88. The van der Waals surface area contributed by atoms with Crippen LogP contribution in [0.25, 0.3) is 11.3 Å². The lowest BCUT2D eigenvalue weighted by Crippen LogP contribution is -2.22. The van der Waals surface area contributed by atoms with E-state index in [1.807, 2.05) is 0 Å². The van der Waals surface area contributed by atoms with Gasteiger partial charge in [0.1, 0.15) is 17.3 Å². The van der Waals surface area contributed by atoms with Gasteiger partial charge in [-0.25, -0.2) is 9.82 Å². The van der Waals surface area contributed by atoms with E-state index in [4.69, 9.17) is 4.42 Å². The lowest BCUT2D eigenvalue weighted by Gasteiger charge is -2.15. The third kappa shape index (κ3) is 3.19. The summed E-state index contributed by atoms with van der Waals surface area (Å²) in [5.41, 5.74) is 2.47. The Kier molecular flexibility index (Phi) is 4.49. The van der Waals surface area contributed by atoms with Crippen LogP contribution in [0.15, 0.2) is 39.9 Å². The Hall–Kier alpha value is -3.03. The number of nitrogens with one attached hydrogen (secondary N) is 1. The monoisotopic (exact) mass is 385 g/mol. The van der Waals surface area contributed by atoms with E-state index in [9.17, 15) is 19.3 Å². The Morgan fingerprint density at radius 3 is 2.93 bits per heavy atom. The van der Waals surface area contributed by atoms with E-state index in [1.165, 1.54) is 25.1 Å². The fourth-order valence-electron chi connectivity index (χ4n) is 4.51. The van der Waals surface area contributed by atoms with Crippen LogP contribution < -0.4 is 5.43 Å². The van der Waals surface area contributed by atoms with Crippen LogP contribution in [0.1, 0.15) is 38.4 Å². The van der Waals surface area contributed by atoms with Gasteiger partial charge in [-0.2, -0.15) is 5.10 Å². The van der Waals surface area contributed by atoms with Crippen molar-refractivity contribution in [1.82, 2.24) is 5.43 Å². The van der Waals surface area contributed by atoms with Gasteiger partial charge in [0.05, 0.1) is 22.8 Å². The lowest BCUT2D eigenvalue weighted by atomic mass is 9.90. The first kappa shape index (κ1) is 18.3. The fourth-order valence-corrected chi connectivity index (χ4v) is 4.51. The van der Waals surface area contributed by atoms with E-state index in [0.717, 1.165) is 25.0 Å². The second-order valence-corrected chi connectivity index (χ2v) is 7.69. The maximum Gasteiger partial charge on any atom is 0.283 e. The Morgan fingerprint density at radius 2 is 2.21 bits per heavy atom. The molecule has 7 nitrogen and oxygen atoms in total. The highest BCUT2D eigenvalue weighted by Crippen LogP contribution is 2.66. The molecule has 0 aliphatic heterocycles. The van der Waals surface area contributed by atoms with Crippen molar-refractivity contribution in [1.29, 1.82) is 0 Å². The molecule has 0 spiro atoms. The summed E-state index contributed by atoms with van der Waals surface area (Å²) in [5.74, 6) is 0.243. The van der Waals surface area contributed by atoms with Gasteiger partial charge in [-0.3, -0.25) is 14.9 Å². The Bertz CT molecular complexity index is 970. The van der Waals surface area contributed by atoms with Crippen LogP contribution in [0.3, 0.4) is 0 Å². The van der Waals surface area contributed by atoms with Crippen LogP contribution in [-0.4, -0.2) is 17.0 Å². The van der Waals surface area contributed by atoms with E-state index >= 15 is 0 Å². The summed E-state index contributed by atoms with van der Waals surface area (Å²) < 4.78 is 18.8. The van der Waals surface area contributed by atoms with Crippen molar-refractivity contribution in [2.45, 2.75) is 32.6 Å². The van der Waals surface area contributed by atoms with Crippen LogP contribution in [0.2, 0.25) is 0 Å². The number of nitro groups is 1. The van der Waals surface area contributed by atoms with Gasteiger partial charge >= 0.3 is 0 Å². The molecule has 8 heteroatoms. The van der Waals surface area contributed by atoms with Crippen molar-refractivity contribution in [3.05, 3.63) is 52.0 Å². The van der Waals surface area contributed by atoms with Gasteiger partial charge < -0.3 is 4.42 Å². The normalized spacial score (nSPS) is 26.1. The van der Waals surface area contributed by atoms with Gasteiger partial charge in [-0.05, 0) is 48.4 Å². The molecule has 1 N–H and O–H groups in total. The molecule has 2 aliphatic carbocycles. The molecule has 3 unspecified atom stereocenters. The first-order valence-corrected chi connectivity index (χ1v) is 9.27. The molecule has 28 heavy (non-hydrogen) atoms.